The van der Waals surface area contributed by atoms with Gasteiger partial charge in [0.15, 0.2) is 11.6 Å². The zero-order valence-corrected chi connectivity index (χ0v) is 16.7. The molecule has 0 radical (unpaired) electrons. The molecule has 0 spiro atoms. The number of halogens is 2. The maximum atomic E-state index is 14.2. The number of fused-ring (bicyclic) bond motifs is 1. The van der Waals surface area contributed by atoms with E-state index in [1.165, 1.54) is 13.2 Å². The third kappa shape index (κ3) is 3.77. The average Bonchev–Trinajstić information content (AvgIpc) is 3.31. The van der Waals surface area contributed by atoms with Gasteiger partial charge in [0.25, 0.3) is 0 Å². The smallest absolute Gasteiger partial charge is 0.337 e. The lowest BCUT2D eigenvalue weighted by molar-refractivity contribution is 0.0600. The molecule has 1 atom stereocenters. The minimum atomic E-state index is -0.686. The number of hydrogen-bond acceptors (Lipinski definition) is 6. The van der Waals surface area contributed by atoms with E-state index in [2.05, 4.69) is 10.1 Å². The molecule has 4 aromatic rings. The van der Waals surface area contributed by atoms with E-state index in [1.54, 1.807) is 48.3 Å². The van der Waals surface area contributed by atoms with Gasteiger partial charge in [-0.3, -0.25) is 0 Å². The van der Waals surface area contributed by atoms with E-state index in [0.29, 0.717) is 16.8 Å². The Balaban J connectivity index is 1.77. The van der Waals surface area contributed by atoms with Gasteiger partial charge in [-0.1, -0.05) is 0 Å². The standard InChI is InChI=1S/C22H18F2N4O3/c1-12(31-19-11-15-16(23)5-6-17(24)20(15)27-21(19)25)14-10-13(22(29)30-2)4-7-18(14)28-9-3-8-26-28/h3-12H,1-2H3,(H2,25,27). The van der Waals surface area contributed by atoms with Gasteiger partial charge in [-0.25, -0.2) is 23.2 Å². The Morgan fingerprint density at radius 2 is 1.94 bits per heavy atom. The highest BCUT2D eigenvalue weighted by Gasteiger charge is 2.20. The Hall–Kier alpha value is -4.01. The number of methoxy groups -OCH3 is 1. The van der Waals surface area contributed by atoms with E-state index in [0.717, 1.165) is 12.1 Å². The van der Waals surface area contributed by atoms with Crippen molar-refractivity contribution >= 4 is 22.7 Å². The van der Waals surface area contributed by atoms with Crippen molar-refractivity contribution in [2.75, 3.05) is 12.8 Å². The number of hydrogen-bond donors (Lipinski definition) is 1. The molecule has 2 aromatic heterocycles. The molecule has 7 nitrogen and oxygen atoms in total. The Labute approximate surface area is 176 Å². The van der Waals surface area contributed by atoms with Gasteiger partial charge in [0, 0.05) is 23.3 Å². The highest BCUT2D eigenvalue weighted by atomic mass is 19.1. The van der Waals surface area contributed by atoms with Gasteiger partial charge >= 0.3 is 5.97 Å². The van der Waals surface area contributed by atoms with Crippen molar-refractivity contribution in [1.82, 2.24) is 14.8 Å². The first-order valence-electron chi connectivity index (χ1n) is 9.32. The van der Waals surface area contributed by atoms with Gasteiger partial charge in [0.1, 0.15) is 23.3 Å². The van der Waals surface area contributed by atoms with Crippen LogP contribution in [0, 0.1) is 11.6 Å². The molecule has 0 bridgehead atoms. The monoisotopic (exact) mass is 424 g/mol. The Bertz CT molecular complexity index is 1280. The summed E-state index contributed by atoms with van der Waals surface area (Å²) < 4.78 is 40.6. The Morgan fingerprint density at radius 1 is 1.16 bits per heavy atom. The molecule has 4 rings (SSSR count). The summed E-state index contributed by atoms with van der Waals surface area (Å²) in [4.78, 5) is 16.0. The lowest BCUT2D eigenvalue weighted by atomic mass is 10.0. The number of nitrogen functional groups attached to an aromatic ring is 1. The van der Waals surface area contributed by atoms with Crippen molar-refractivity contribution in [3.63, 3.8) is 0 Å². The van der Waals surface area contributed by atoms with Gasteiger partial charge in [-0.2, -0.15) is 5.10 Å². The highest BCUT2D eigenvalue weighted by molar-refractivity contribution is 5.90. The van der Waals surface area contributed by atoms with Gasteiger partial charge < -0.3 is 15.2 Å². The van der Waals surface area contributed by atoms with Crippen LogP contribution < -0.4 is 10.5 Å². The van der Waals surface area contributed by atoms with Crippen LogP contribution in [0.4, 0.5) is 14.6 Å². The van der Waals surface area contributed by atoms with Crippen molar-refractivity contribution in [3.05, 3.63) is 77.6 Å². The Morgan fingerprint density at radius 3 is 2.65 bits per heavy atom. The first-order valence-corrected chi connectivity index (χ1v) is 9.32. The van der Waals surface area contributed by atoms with Crippen molar-refractivity contribution in [2.24, 2.45) is 0 Å². The number of benzene rings is 2. The topological polar surface area (TPSA) is 92.3 Å². The summed E-state index contributed by atoms with van der Waals surface area (Å²) in [5, 5.41) is 4.18. The second kappa shape index (κ2) is 8.02. The van der Waals surface area contributed by atoms with Crippen LogP contribution in [0.2, 0.25) is 0 Å². The van der Waals surface area contributed by atoms with Gasteiger partial charge in [0.05, 0.1) is 18.4 Å². The molecule has 31 heavy (non-hydrogen) atoms. The second-order valence-corrected chi connectivity index (χ2v) is 6.77. The molecule has 0 saturated heterocycles. The van der Waals surface area contributed by atoms with E-state index in [-0.39, 0.29) is 22.5 Å². The number of aromatic nitrogens is 3. The second-order valence-electron chi connectivity index (χ2n) is 6.77. The minimum absolute atomic E-state index is 0.0491. The van der Waals surface area contributed by atoms with E-state index in [9.17, 15) is 13.6 Å². The molecular formula is C22H18F2N4O3. The number of anilines is 1. The number of nitrogens with two attached hydrogens (primary N) is 1. The van der Waals surface area contributed by atoms with E-state index in [1.807, 2.05) is 0 Å². The summed E-state index contributed by atoms with van der Waals surface area (Å²) in [5.74, 6) is -1.85. The molecule has 0 aliphatic carbocycles. The fraction of sp³-hybridized carbons (Fsp3) is 0.136. The van der Waals surface area contributed by atoms with Crippen LogP contribution in [0.15, 0.2) is 54.9 Å². The maximum absolute atomic E-state index is 14.2. The predicted octanol–water partition coefficient (Wildman–Crippen LogP) is 4.21. The Kier molecular flexibility index (Phi) is 5.24. The van der Waals surface area contributed by atoms with E-state index in [4.69, 9.17) is 15.2 Å². The number of ether oxygens (including phenoxy) is 2. The number of rotatable bonds is 5. The lowest BCUT2D eigenvalue weighted by Gasteiger charge is -2.20. The quantitative estimate of drug-likeness (QED) is 0.483. The van der Waals surface area contributed by atoms with Crippen molar-refractivity contribution in [1.29, 1.82) is 0 Å². The van der Waals surface area contributed by atoms with E-state index < -0.39 is 23.7 Å². The largest absolute Gasteiger partial charge is 0.482 e. The summed E-state index contributed by atoms with van der Waals surface area (Å²) >= 11 is 0. The molecule has 158 valence electrons. The third-order valence-corrected chi connectivity index (χ3v) is 4.82. The van der Waals surface area contributed by atoms with Crippen LogP contribution in [-0.2, 0) is 4.74 Å². The zero-order chi connectivity index (χ0) is 22.1. The zero-order valence-electron chi connectivity index (χ0n) is 16.7. The average molecular weight is 424 g/mol. The molecule has 0 fully saturated rings. The highest BCUT2D eigenvalue weighted by Crippen LogP contribution is 2.33. The summed E-state index contributed by atoms with van der Waals surface area (Å²) in [6.07, 6.45) is 2.71. The molecule has 0 amide bonds. The van der Waals surface area contributed by atoms with Crippen molar-refractivity contribution in [2.45, 2.75) is 13.0 Å². The summed E-state index contributed by atoms with van der Waals surface area (Å²) in [7, 11) is 1.29. The number of carbonyl (C=O) groups excluding carboxylic acids is 1. The van der Waals surface area contributed by atoms with Crippen LogP contribution in [0.25, 0.3) is 16.6 Å². The predicted molar refractivity (Wildman–Crippen MR) is 110 cm³/mol. The van der Waals surface area contributed by atoms with Crippen LogP contribution >= 0.6 is 0 Å². The first kappa shape index (κ1) is 20.3. The molecule has 0 saturated carbocycles. The normalized spacial score (nSPS) is 12.0. The van der Waals surface area contributed by atoms with Crippen LogP contribution in [-0.4, -0.2) is 27.8 Å². The number of esters is 1. The molecule has 1 unspecified atom stereocenters. The van der Waals surface area contributed by atoms with Gasteiger partial charge in [-0.15, -0.1) is 0 Å². The molecule has 2 heterocycles. The molecular weight excluding hydrogens is 406 g/mol. The summed E-state index contributed by atoms with van der Waals surface area (Å²) in [6.45, 7) is 1.73. The first-order chi connectivity index (χ1) is 14.9. The third-order valence-electron chi connectivity index (χ3n) is 4.82. The molecule has 2 N–H and O–H groups in total. The fourth-order valence-corrected chi connectivity index (χ4v) is 3.28. The van der Waals surface area contributed by atoms with Crippen LogP contribution in [0.3, 0.4) is 0 Å². The van der Waals surface area contributed by atoms with Crippen molar-refractivity contribution < 1.29 is 23.0 Å². The molecule has 0 aliphatic heterocycles. The van der Waals surface area contributed by atoms with Crippen LogP contribution in [0.5, 0.6) is 5.75 Å². The lowest BCUT2D eigenvalue weighted by Crippen LogP contribution is -2.12. The van der Waals surface area contributed by atoms with Crippen LogP contribution in [0.1, 0.15) is 28.9 Å². The van der Waals surface area contributed by atoms with Gasteiger partial charge in [0.2, 0.25) is 0 Å². The summed E-state index contributed by atoms with van der Waals surface area (Å²) in [5.41, 5.74) is 7.35. The number of nitrogens with zero attached hydrogens (tertiary/aromatic N) is 3. The van der Waals surface area contributed by atoms with Crippen molar-refractivity contribution in [3.8, 4) is 11.4 Å². The molecule has 2 aromatic carbocycles. The van der Waals surface area contributed by atoms with E-state index >= 15 is 0 Å². The fourth-order valence-electron chi connectivity index (χ4n) is 3.28. The summed E-state index contributed by atoms with van der Waals surface area (Å²) in [6, 6.07) is 10.0. The minimum Gasteiger partial charge on any atom is -0.482 e. The molecule has 0 aliphatic rings. The van der Waals surface area contributed by atoms with Gasteiger partial charge in [-0.05, 0) is 49.4 Å². The number of carbonyl (C=O) groups is 1. The molecule has 9 heteroatoms. The maximum Gasteiger partial charge on any atom is 0.337 e. The SMILES string of the molecule is COC(=O)c1ccc(-n2cccn2)c(C(C)Oc2cc3c(F)ccc(F)c3nc2N)c1. The number of pyridine rings is 1.